The number of hydrogen-bond donors (Lipinski definition) is 1. The Labute approximate surface area is 126 Å². The molecule has 2 rings (SSSR count). The van der Waals surface area contributed by atoms with Crippen LogP contribution in [0.25, 0.3) is 0 Å². The van der Waals surface area contributed by atoms with Gasteiger partial charge in [-0.25, -0.2) is 0 Å². The quantitative estimate of drug-likeness (QED) is 0.790. The Kier molecular flexibility index (Phi) is 5.99. The molecule has 0 aromatic carbocycles. The second kappa shape index (κ2) is 7.75. The highest BCUT2D eigenvalue weighted by Crippen LogP contribution is 2.21. The van der Waals surface area contributed by atoms with E-state index in [0.29, 0.717) is 39.4 Å². The van der Waals surface area contributed by atoms with Gasteiger partial charge >= 0.3 is 0 Å². The van der Waals surface area contributed by atoms with Gasteiger partial charge in [0.15, 0.2) is 0 Å². The van der Waals surface area contributed by atoms with Crippen LogP contribution in [0.1, 0.15) is 19.8 Å². The van der Waals surface area contributed by atoms with Crippen molar-refractivity contribution in [1.29, 1.82) is 0 Å². The van der Waals surface area contributed by atoms with Crippen LogP contribution in [0.3, 0.4) is 0 Å². The van der Waals surface area contributed by atoms with E-state index in [-0.39, 0.29) is 23.7 Å². The molecular formula is C15H27N3O3. The number of carbonyl (C=O) groups is 2. The van der Waals surface area contributed by atoms with Crippen LogP contribution in [0.15, 0.2) is 0 Å². The third kappa shape index (κ3) is 4.17. The number of hydrogen-bond acceptors (Lipinski definition) is 4. The molecule has 1 N–H and O–H groups in total. The van der Waals surface area contributed by atoms with Crippen molar-refractivity contribution in [2.24, 2.45) is 11.8 Å². The van der Waals surface area contributed by atoms with E-state index in [1.807, 2.05) is 23.8 Å². The molecule has 2 amide bonds. The molecule has 6 nitrogen and oxygen atoms in total. The summed E-state index contributed by atoms with van der Waals surface area (Å²) in [6.07, 6.45) is 1.80. The van der Waals surface area contributed by atoms with Gasteiger partial charge in [-0.05, 0) is 19.9 Å². The second-order valence-electron chi connectivity index (χ2n) is 6.02. The molecule has 120 valence electrons. The highest BCUT2D eigenvalue weighted by atomic mass is 16.5. The van der Waals surface area contributed by atoms with Crippen molar-refractivity contribution in [3.8, 4) is 0 Å². The van der Waals surface area contributed by atoms with E-state index < -0.39 is 0 Å². The third-order valence-electron chi connectivity index (χ3n) is 4.34. The highest BCUT2D eigenvalue weighted by molar-refractivity contribution is 5.82. The number of likely N-dealkylation sites (tertiary alicyclic amines) is 1. The molecule has 0 bridgehead atoms. The Morgan fingerprint density at radius 1 is 1.24 bits per heavy atom. The molecule has 0 radical (unpaired) electrons. The molecule has 0 aromatic rings. The smallest absolute Gasteiger partial charge is 0.227 e. The van der Waals surface area contributed by atoms with Crippen LogP contribution in [0.5, 0.6) is 0 Å². The minimum absolute atomic E-state index is 0.0350. The lowest BCUT2D eigenvalue weighted by Crippen LogP contribution is -2.50. The van der Waals surface area contributed by atoms with Gasteiger partial charge in [0.25, 0.3) is 0 Å². The first-order valence-electron chi connectivity index (χ1n) is 7.93. The summed E-state index contributed by atoms with van der Waals surface area (Å²) in [5.41, 5.74) is 0. The first kappa shape index (κ1) is 16.2. The number of piperidine rings is 1. The fourth-order valence-corrected chi connectivity index (χ4v) is 3.13. The van der Waals surface area contributed by atoms with Crippen LogP contribution in [-0.4, -0.2) is 74.6 Å². The van der Waals surface area contributed by atoms with Gasteiger partial charge in [0, 0.05) is 38.6 Å². The van der Waals surface area contributed by atoms with Crippen LogP contribution in [0, 0.1) is 11.8 Å². The molecule has 2 atom stereocenters. The molecule has 6 heteroatoms. The van der Waals surface area contributed by atoms with E-state index in [1.54, 1.807) is 0 Å². The van der Waals surface area contributed by atoms with Crippen molar-refractivity contribution in [3.05, 3.63) is 0 Å². The van der Waals surface area contributed by atoms with Crippen molar-refractivity contribution in [1.82, 2.24) is 15.1 Å². The van der Waals surface area contributed by atoms with E-state index in [0.717, 1.165) is 19.4 Å². The third-order valence-corrected chi connectivity index (χ3v) is 4.34. The number of nitrogens with one attached hydrogen (secondary N) is 1. The van der Waals surface area contributed by atoms with E-state index in [1.165, 1.54) is 0 Å². The van der Waals surface area contributed by atoms with Gasteiger partial charge in [-0.3, -0.25) is 9.59 Å². The molecule has 0 saturated carbocycles. The molecule has 2 heterocycles. The zero-order valence-corrected chi connectivity index (χ0v) is 13.1. The number of amides is 2. The van der Waals surface area contributed by atoms with Gasteiger partial charge in [0.05, 0.1) is 19.1 Å². The molecule has 21 heavy (non-hydrogen) atoms. The maximum absolute atomic E-state index is 12.5. The fraction of sp³-hybridized carbons (Fsp3) is 0.867. The maximum Gasteiger partial charge on any atom is 0.227 e. The maximum atomic E-state index is 12.5. The van der Waals surface area contributed by atoms with Crippen molar-refractivity contribution in [2.45, 2.75) is 19.8 Å². The summed E-state index contributed by atoms with van der Waals surface area (Å²) >= 11 is 0. The standard InChI is InChI=1S/C15H27N3O3/c1-12(10-16-2)14(19)18-5-3-4-13(11-18)15(20)17-6-8-21-9-7-17/h12-13,16H,3-11H2,1-2H3. The molecule has 2 saturated heterocycles. The number of ether oxygens (including phenoxy) is 1. The number of nitrogens with zero attached hydrogens (tertiary/aromatic N) is 2. The zero-order valence-electron chi connectivity index (χ0n) is 13.1. The summed E-state index contributed by atoms with van der Waals surface area (Å²) in [5.74, 6) is 0.274. The van der Waals surface area contributed by atoms with Gasteiger partial charge in [-0.1, -0.05) is 6.92 Å². The van der Waals surface area contributed by atoms with Crippen LogP contribution < -0.4 is 5.32 Å². The van der Waals surface area contributed by atoms with Crippen molar-refractivity contribution >= 4 is 11.8 Å². The van der Waals surface area contributed by atoms with Crippen LogP contribution in [-0.2, 0) is 14.3 Å². The summed E-state index contributed by atoms with van der Waals surface area (Å²) in [4.78, 5) is 28.7. The van der Waals surface area contributed by atoms with Gasteiger partial charge in [0.2, 0.25) is 11.8 Å². The Hall–Kier alpha value is -1.14. The van der Waals surface area contributed by atoms with E-state index in [2.05, 4.69) is 5.32 Å². The van der Waals surface area contributed by atoms with E-state index >= 15 is 0 Å². The predicted octanol–water partition coefficient (Wildman–Crippen LogP) is -0.0607. The minimum atomic E-state index is -0.0393. The van der Waals surface area contributed by atoms with Gasteiger partial charge in [-0.2, -0.15) is 0 Å². The Morgan fingerprint density at radius 3 is 2.62 bits per heavy atom. The summed E-state index contributed by atoms with van der Waals surface area (Å²) < 4.78 is 5.29. The fourth-order valence-electron chi connectivity index (χ4n) is 3.13. The normalized spacial score (nSPS) is 24.8. The van der Waals surface area contributed by atoms with Crippen molar-refractivity contribution in [3.63, 3.8) is 0 Å². The topological polar surface area (TPSA) is 61.9 Å². The summed E-state index contributed by atoms with van der Waals surface area (Å²) in [6.45, 7) is 6.58. The van der Waals surface area contributed by atoms with Crippen LogP contribution in [0.4, 0.5) is 0 Å². The minimum Gasteiger partial charge on any atom is -0.378 e. The average molecular weight is 297 g/mol. The van der Waals surface area contributed by atoms with Gasteiger partial charge < -0.3 is 19.9 Å². The highest BCUT2D eigenvalue weighted by Gasteiger charge is 2.32. The first-order valence-corrected chi connectivity index (χ1v) is 7.93. The lowest BCUT2D eigenvalue weighted by atomic mass is 9.95. The Bertz CT molecular complexity index is 369. The van der Waals surface area contributed by atoms with Crippen molar-refractivity contribution < 1.29 is 14.3 Å². The zero-order chi connectivity index (χ0) is 15.2. The Morgan fingerprint density at radius 2 is 1.95 bits per heavy atom. The molecular weight excluding hydrogens is 270 g/mol. The number of morpholine rings is 1. The lowest BCUT2D eigenvalue weighted by molar-refractivity contribution is -0.145. The van der Waals surface area contributed by atoms with Crippen LogP contribution in [0.2, 0.25) is 0 Å². The number of rotatable bonds is 4. The SMILES string of the molecule is CNCC(C)C(=O)N1CCCC(C(=O)N2CCOCC2)C1. The summed E-state index contributed by atoms with van der Waals surface area (Å²) in [7, 11) is 1.85. The van der Waals surface area contributed by atoms with Gasteiger partial charge in [0.1, 0.15) is 0 Å². The first-order chi connectivity index (χ1) is 10.1. The molecule has 0 spiro atoms. The average Bonchev–Trinajstić information content (AvgIpc) is 2.54. The van der Waals surface area contributed by atoms with E-state index in [4.69, 9.17) is 4.74 Å². The Balaban J connectivity index is 1.90. The van der Waals surface area contributed by atoms with E-state index in [9.17, 15) is 9.59 Å². The molecule has 2 aliphatic heterocycles. The molecule has 2 unspecified atom stereocenters. The molecule has 2 fully saturated rings. The number of carbonyl (C=O) groups excluding carboxylic acids is 2. The predicted molar refractivity (Wildman–Crippen MR) is 79.8 cm³/mol. The lowest BCUT2D eigenvalue weighted by Gasteiger charge is -2.37. The summed E-state index contributed by atoms with van der Waals surface area (Å²) in [6, 6.07) is 0. The molecule has 0 aliphatic carbocycles. The molecule has 2 aliphatic rings. The molecule has 0 aromatic heterocycles. The van der Waals surface area contributed by atoms with Gasteiger partial charge in [-0.15, -0.1) is 0 Å². The second-order valence-corrected chi connectivity index (χ2v) is 6.02. The van der Waals surface area contributed by atoms with Crippen molar-refractivity contribution in [2.75, 3.05) is 53.0 Å². The van der Waals surface area contributed by atoms with Crippen LogP contribution >= 0.6 is 0 Å². The summed E-state index contributed by atoms with van der Waals surface area (Å²) in [5, 5.41) is 3.04. The monoisotopic (exact) mass is 297 g/mol. The largest absolute Gasteiger partial charge is 0.378 e.